The fourth-order valence-electron chi connectivity index (χ4n) is 2.00. The van der Waals surface area contributed by atoms with Crippen LogP contribution in [0.3, 0.4) is 0 Å². The molecule has 0 aliphatic rings. The van der Waals surface area contributed by atoms with Gasteiger partial charge in [0, 0.05) is 24.7 Å². The quantitative estimate of drug-likeness (QED) is 0.768. The van der Waals surface area contributed by atoms with E-state index in [9.17, 15) is 9.59 Å². The number of nitrogens with zero attached hydrogens (tertiary/aromatic N) is 5. The summed E-state index contributed by atoms with van der Waals surface area (Å²) in [7, 11) is 0. The largest absolute Gasteiger partial charge is 0.309 e. The molecule has 0 aromatic carbocycles. The van der Waals surface area contributed by atoms with Crippen molar-refractivity contribution in [1.29, 1.82) is 0 Å². The van der Waals surface area contributed by atoms with E-state index in [1.54, 1.807) is 36.8 Å². The van der Waals surface area contributed by atoms with Gasteiger partial charge < -0.3 is 5.32 Å². The van der Waals surface area contributed by atoms with Crippen molar-refractivity contribution in [3.8, 4) is 5.82 Å². The van der Waals surface area contributed by atoms with Crippen molar-refractivity contribution >= 4 is 11.7 Å². The summed E-state index contributed by atoms with van der Waals surface area (Å²) in [5.41, 5.74) is 0.472. The minimum atomic E-state index is -0.376. The Balaban J connectivity index is 1.80. The highest BCUT2D eigenvalue weighted by Crippen LogP contribution is 2.08. The highest BCUT2D eigenvalue weighted by Gasteiger charge is 2.10. The molecule has 1 amide bonds. The van der Waals surface area contributed by atoms with E-state index in [1.165, 1.54) is 10.7 Å². The summed E-state index contributed by atoms with van der Waals surface area (Å²) in [5, 5.41) is 10.9. The van der Waals surface area contributed by atoms with Crippen molar-refractivity contribution in [2.24, 2.45) is 0 Å². The van der Waals surface area contributed by atoms with Crippen LogP contribution in [0.15, 0.2) is 53.7 Å². The molecule has 1 N–H and O–H groups in total. The first-order chi connectivity index (χ1) is 11.1. The maximum atomic E-state index is 12.1. The third-order valence-corrected chi connectivity index (χ3v) is 3.15. The molecule has 0 aliphatic heterocycles. The molecular weight excluding hydrogens is 296 g/mol. The lowest BCUT2D eigenvalue weighted by atomic mass is 10.3. The van der Waals surface area contributed by atoms with Gasteiger partial charge in [-0.05, 0) is 30.7 Å². The molecule has 0 aliphatic carbocycles. The van der Waals surface area contributed by atoms with Crippen molar-refractivity contribution in [1.82, 2.24) is 24.5 Å². The molecular formula is C15H14N6O2. The molecule has 3 rings (SSSR count). The number of rotatable bonds is 4. The van der Waals surface area contributed by atoms with Crippen molar-refractivity contribution in [2.45, 2.75) is 13.5 Å². The lowest BCUT2D eigenvalue weighted by Crippen LogP contribution is -2.30. The van der Waals surface area contributed by atoms with Gasteiger partial charge in [-0.3, -0.25) is 9.59 Å². The standard InChI is InChI=1S/C15H14N6O2/c1-11-4-2-7-16-15(11)18-13(22)10-21-14(23)6-5-12(19-21)20-9-3-8-17-20/h2-9H,10H2,1H3,(H,16,18,22). The number of nitrogens with one attached hydrogen (secondary N) is 1. The molecule has 0 unspecified atom stereocenters. The average molecular weight is 310 g/mol. The van der Waals surface area contributed by atoms with E-state index >= 15 is 0 Å². The number of carbonyl (C=O) groups is 1. The molecule has 0 radical (unpaired) electrons. The van der Waals surface area contributed by atoms with Gasteiger partial charge in [0.05, 0.1) is 0 Å². The van der Waals surface area contributed by atoms with Crippen LogP contribution in [0.2, 0.25) is 0 Å². The van der Waals surface area contributed by atoms with Gasteiger partial charge in [-0.15, -0.1) is 5.10 Å². The van der Waals surface area contributed by atoms with Gasteiger partial charge in [-0.25, -0.2) is 14.3 Å². The Morgan fingerprint density at radius 3 is 2.83 bits per heavy atom. The van der Waals surface area contributed by atoms with Crippen LogP contribution in [-0.4, -0.2) is 30.5 Å². The first kappa shape index (κ1) is 14.6. The first-order valence-electron chi connectivity index (χ1n) is 6.93. The van der Waals surface area contributed by atoms with Crippen LogP contribution in [0.5, 0.6) is 0 Å². The van der Waals surface area contributed by atoms with Crippen LogP contribution in [0.25, 0.3) is 5.82 Å². The number of carbonyl (C=O) groups excluding carboxylic acids is 1. The molecule has 0 spiro atoms. The summed E-state index contributed by atoms with van der Waals surface area (Å²) >= 11 is 0. The molecule has 23 heavy (non-hydrogen) atoms. The van der Waals surface area contributed by atoms with E-state index in [0.717, 1.165) is 10.2 Å². The molecule has 0 atom stereocenters. The number of hydrogen-bond acceptors (Lipinski definition) is 5. The van der Waals surface area contributed by atoms with E-state index in [4.69, 9.17) is 0 Å². The SMILES string of the molecule is Cc1cccnc1NC(=O)Cn1nc(-n2cccn2)ccc1=O. The average Bonchev–Trinajstić information content (AvgIpc) is 3.06. The highest BCUT2D eigenvalue weighted by atomic mass is 16.2. The number of aromatic nitrogens is 5. The normalized spacial score (nSPS) is 10.5. The van der Waals surface area contributed by atoms with Crippen LogP contribution < -0.4 is 10.9 Å². The Labute approximate surface area is 131 Å². The van der Waals surface area contributed by atoms with E-state index in [1.807, 2.05) is 13.0 Å². The van der Waals surface area contributed by atoms with Gasteiger partial charge in [0.25, 0.3) is 5.56 Å². The summed E-state index contributed by atoms with van der Waals surface area (Å²) < 4.78 is 2.60. The van der Waals surface area contributed by atoms with Crippen LogP contribution in [0, 0.1) is 6.92 Å². The fraction of sp³-hybridized carbons (Fsp3) is 0.133. The summed E-state index contributed by atoms with van der Waals surface area (Å²) in [6.07, 6.45) is 4.90. The number of anilines is 1. The summed E-state index contributed by atoms with van der Waals surface area (Å²) in [6, 6.07) is 8.26. The van der Waals surface area contributed by atoms with Gasteiger partial charge >= 0.3 is 0 Å². The highest BCUT2D eigenvalue weighted by molar-refractivity contribution is 5.90. The van der Waals surface area contributed by atoms with Crippen LogP contribution in [0.1, 0.15) is 5.56 Å². The fourth-order valence-corrected chi connectivity index (χ4v) is 2.00. The molecule has 3 aromatic heterocycles. The van der Waals surface area contributed by atoms with Gasteiger partial charge in [0.1, 0.15) is 12.4 Å². The zero-order chi connectivity index (χ0) is 16.2. The zero-order valence-corrected chi connectivity index (χ0v) is 12.4. The van der Waals surface area contributed by atoms with Crippen LogP contribution >= 0.6 is 0 Å². The lowest BCUT2D eigenvalue weighted by Gasteiger charge is -2.09. The molecule has 0 saturated heterocycles. The monoisotopic (exact) mass is 310 g/mol. The van der Waals surface area contributed by atoms with Crippen molar-refractivity contribution < 1.29 is 4.79 Å². The van der Waals surface area contributed by atoms with E-state index in [0.29, 0.717) is 11.6 Å². The molecule has 3 heterocycles. The summed E-state index contributed by atoms with van der Waals surface area (Å²) in [5.74, 6) is 0.546. The van der Waals surface area contributed by atoms with E-state index in [2.05, 4.69) is 20.5 Å². The van der Waals surface area contributed by atoms with Crippen LogP contribution in [0.4, 0.5) is 5.82 Å². The second-order valence-corrected chi connectivity index (χ2v) is 4.86. The van der Waals surface area contributed by atoms with Crippen molar-refractivity contribution in [3.63, 3.8) is 0 Å². The van der Waals surface area contributed by atoms with Crippen LogP contribution in [-0.2, 0) is 11.3 Å². The lowest BCUT2D eigenvalue weighted by molar-refractivity contribution is -0.117. The van der Waals surface area contributed by atoms with Gasteiger partial charge in [-0.2, -0.15) is 5.10 Å². The van der Waals surface area contributed by atoms with Crippen molar-refractivity contribution in [3.05, 3.63) is 64.8 Å². The Morgan fingerprint density at radius 2 is 2.09 bits per heavy atom. The predicted molar refractivity (Wildman–Crippen MR) is 83.2 cm³/mol. The minimum absolute atomic E-state index is 0.204. The van der Waals surface area contributed by atoms with Gasteiger partial charge in [-0.1, -0.05) is 6.07 Å². The van der Waals surface area contributed by atoms with Crippen molar-refractivity contribution in [2.75, 3.05) is 5.32 Å². The smallest absolute Gasteiger partial charge is 0.267 e. The number of aryl methyl sites for hydroxylation is 1. The number of amides is 1. The zero-order valence-electron chi connectivity index (χ0n) is 12.4. The second kappa shape index (κ2) is 6.22. The Hall–Kier alpha value is -3.29. The Morgan fingerprint density at radius 1 is 1.22 bits per heavy atom. The summed E-state index contributed by atoms with van der Waals surface area (Å²) in [4.78, 5) is 28.1. The number of pyridine rings is 1. The predicted octanol–water partition coefficient (Wildman–Crippen LogP) is 0.771. The Kier molecular flexibility index (Phi) is 3.96. The molecule has 3 aromatic rings. The van der Waals surface area contributed by atoms with Gasteiger partial charge in [0.2, 0.25) is 5.91 Å². The maximum Gasteiger partial charge on any atom is 0.267 e. The van der Waals surface area contributed by atoms with E-state index < -0.39 is 0 Å². The Bertz CT molecular complexity index is 885. The molecule has 8 nitrogen and oxygen atoms in total. The first-order valence-corrected chi connectivity index (χ1v) is 6.93. The summed E-state index contributed by atoms with van der Waals surface area (Å²) in [6.45, 7) is 1.63. The minimum Gasteiger partial charge on any atom is -0.309 e. The maximum absolute atomic E-state index is 12.1. The molecule has 8 heteroatoms. The third-order valence-electron chi connectivity index (χ3n) is 3.15. The third kappa shape index (κ3) is 3.31. The van der Waals surface area contributed by atoms with Gasteiger partial charge in [0.15, 0.2) is 5.82 Å². The van der Waals surface area contributed by atoms with E-state index in [-0.39, 0.29) is 18.0 Å². The molecule has 0 fully saturated rings. The topological polar surface area (TPSA) is 94.7 Å². The second-order valence-electron chi connectivity index (χ2n) is 4.86. The molecule has 116 valence electrons. The molecule has 0 bridgehead atoms. The number of hydrogen-bond donors (Lipinski definition) is 1. The molecule has 0 saturated carbocycles.